The minimum absolute atomic E-state index is 0. The average Bonchev–Trinajstić information content (AvgIpc) is 2.92. The summed E-state index contributed by atoms with van der Waals surface area (Å²) in [6.45, 7) is 0. The van der Waals surface area contributed by atoms with Crippen LogP contribution in [0.2, 0.25) is 15.1 Å². The number of nitrogens with zero attached hydrogens (tertiary/aromatic N) is 3. The first kappa shape index (κ1) is 25.8. The van der Waals surface area contributed by atoms with Gasteiger partial charge >= 0.3 is 53.5 Å². The van der Waals surface area contributed by atoms with Crippen molar-refractivity contribution in [3.63, 3.8) is 0 Å². The molecule has 1 N–H and O–H groups in total. The third-order valence-corrected chi connectivity index (χ3v) is 4.23. The Morgan fingerprint density at radius 3 is 2.14 bits per heavy atom. The number of aromatic nitrogens is 2. The summed E-state index contributed by atoms with van der Waals surface area (Å²) in [4.78, 5) is 21.0. The molecule has 0 aliphatic heterocycles. The molecular formula is C12H3Cl3F6N4NaO3+. The van der Waals surface area contributed by atoms with Gasteiger partial charge in [0, 0.05) is 0 Å². The van der Waals surface area contributed by atoms with Gasteiger partial charge in [0.15, 0.2) is 0 Å². The van der Waals surface area contributed by atoms with Crippen LogP contribution >= 0.6 is 34.8 Å². The zero-order chi connectivity index (χ0) is 21.6. The van der Waals surface area contributed by atoms with Gasteiger partial charge in [-0.1, -0.05) is 34.8 Å². The Kier molecular flexibility index (Phi) is 7.88. The first-order chi connectivity index (χ1) is 12.7. The number of nitro groups is 1. The predicted octanol–water partition coefficient (Wildman–Crippen LogP) is 2.26. The Bertz CT molecular complexity index is 979. The number of rotatable bonds is 3. The molecule has 0 radical (unpaired) electrons. The van der Waals surface area contributed by atoms with E-state index in [1.54, 1.807) is 0 Å². The first-order valence-corrected chi connectivity index (χ1v) is 7.65. The van der Waals surface area contributed by atoms with Gasteiger partial charge in [-0.05, 0) is 6.07 Å². The van der Waals surface area contributed by atoms with Crippen molar-refractivity contribution in [2.75, 3.05) is 5.32 Å². The summed E-state index contributed by atoms with van der Waals surface area (Å²) in [5, 5.41) is 12.8. The van der Waals surface area contributed by atoms with E-state index in [1.165, 1.54) is 5.32 Å². The van der Waals surface area contributed by atoms with Crippen LogP contribution in [-0.2, 0) is 11.0 Å². The van der Waals surface area contributed by atoms with Crippen molar-refractivity contribution >= 4 is 52.2 Å². The van der Waals surface area contributed by atoms with E-state index >= 15 is 0 Å². The largest absolute Gasteiger partial charge is 1.00 e. The van der Waals surface area contributed by atoms with E-state index in [0.717, 1.165) is 0 Å². The number of anilines is 1. The first-order valence-electron chi connectivity index (χ1n) is 6.52. The number of amides is 1. The molecule has 2 rings (SSSR count). The van der Waals surface area contributed by atoms with Crippen LogP contribution < -0.4 is 34.9 Å². The molecule has 0 atom stereocenters. The molecule has 1 amide bonds. The van der Waals surface area contributed by atoms with Crippen LogP contribution in [0.5, 0.6) is 0 Å². The van der Waals surface area contributed by atoms with Crippen molar-refractivity contribution in [3.05, 3.63) is 43.0 Å². The predicted molar refractivity (Wildman–Crippen MR) is 84.9 cm³/mol. The standard InChI is InChI=1S/C12H3Cl3F6N4O3.Na/c13-4-1-3(11(16,17)18)6(14)7(15)8(4)24-9(5(2-22-24)25(27)28)23-10(26)12(19,20)21;/h1-2H,(H,23,26);/q;+1. The number of carbonyl (C=O) groups is 1. The molecule has 0 fully saturated rings. The van der Waals surface area contributed by atoms with Crippen LogP contribution in [0.15, 0.2) is 12.3 Å². The molecule has 0 spiro atoms. The van der Waals surface area contributed by atoms with Crippen LogP contribution in [0.4, 0.5) is 37.8 Å². The Balaban J connectivity index is 0.00000420. The number of nitrogens with one attached hydrogen (secondary N) is 1. The zero-order valence-corrected chi connectivity index (χ0v) is 17.9. The van der Waals surface area contributed by atoms with Crippen molar-refractivity contribution in [1.82, 2.24) is 9.78 Å². The fraction of sp³-hybridized carbons (Fsp3) is 0.167. The molecule has 0 saturated carbocycles. The second-order valence-electron chi connectivity index (χ2n) is 4.88. The normalized spacial score (nSPS) is 11.8. The van der Waals surface area contributed by atoms with E-state index < -0.39 is 61.0 Å². The average molecular weight is 495 g/mol. The maximum absolute atomic E-state index is 12.9. The Hall–Kier alpha value is -1.25. The van der Waals surface area contributed by atoms with E-state index in [0.29, 0.717) is 12.3 Å². The Morgan fingerprint density at radius 2 is 1.69 bits per heavy atom. The smallest absolute Gasteiger partial charge is 0.297 e. The summed E-state index contributed by atoms with van der Waals surface area (Å²) in [7, 11) is 0. The molecule has 0 bridgehead atoms. The van der Waals surface area contributed by atoms with Gasteiger partial charge in [-0.2, -0.15) is 31.4 Å². The van der Waals surface area contributed by atoms with Crippen molar-refractivity contribution in [1.29, 1.82) is 0 Å². The molecular weight excluding hydrogens is 491 g/mol. The van der Waals surface area contributed by atoms with Crippen LogP contribution in [0.25, 0.3) is 5.69 Å². The molecule has 17 heteroatoms. The Labute approximate surface area is 193 Å². The van der Waals surface area contributed by atoms with E-state index in [1.807, 2.05) is 0 Å². The van der Waals surface area contributed by atoms with E-state index in [2.05, 4.69) is 5.10 Å². The molecule has 0 unspecified atom stereocenters. The van der Waals surface area contributed by atoms with Gasteiger partial charge in [0.2, 0.25) is 5.82 Å². The van der Waals surface area contributed by atoms with Gasteiger partial charge in [-0.3, -0.25) is 20.2 Å². The molecule has 1 aromatic heterocycles. The summed E-state index contributed by atoms with van der Waals surface area (Å²) in [6.07, 6.45) is -9.98. The summed E-state index contributed by atoms with van der Waals surface area (Å²) in [5.41, 5.74) is -3.29. The van der Waals surface area contributed by atoms with E-state index in [9.17, 15) is 41.3 Å². The topological polar surface area (TPSA) is 90.1 Å². The monoisotopic (exact) mass is 493 g/mol. The van der Waals surface area contributed by atoms with Crippen LogP contribution in [0, 0.1) is 10.1 Å². The van der Waals surface area contributed by atoms with Gasteiger partial charge in [-0.15, -0.1) is 0 Å². The number of halogens is 9. The minimum atomic E-state index is -5.44. The molecule has 29 heavy (non-hydrogen) atoms. The maximum Gasteiger partial charge on any atom is 1.00 e. The van der Waals surface area contributed by atoms with E-state index in [-0.39, 0.29) is 34.2 Å². The molecule has 0 aliphatic rings. The van der Waals surface area contributed by atoms with E-state index in [4.69, 9.17) is 34.8 Å². The fourth-order valence-electron chi connectivity index (χ4n) is 1.92. The van der Waals surface area contributed by atoms with Gasteiger partial charge in [0.05, 0.1) is 25.6 Å². The summed E-state index contributed by atoms with van der Waals surface area (Å²) >= 11 is 17.0. The van der Waals surface area contributed by atoms with Crippen LogP contribution in [0.1, 0.15) is 5.56 Å². The molecule has 1 heterocycles. The van der Waals surface area contributed by atoms with Gasteiger partial charge in [-0.25, -0.2) is 4.68 Å². The van der Waals surface area contributed by atoms with Gasteiger partial charge in [0.25, 0.3) is 0 Å². The second kappa shape index (κ2) is 8.86. The Morgan fingerprint density at radius 1 is 1.14 bits per heavy atom. The minimum Gasteiger partial charge on any atom is -0.297 e. The zero-order valence-electron chi connectivity index (χ0n) is 13.6. The van der Waals surface area contributed by atoms with Crippen molar-refractivity contribution < 1.29 is 65.6 Å². The molecule has 2 aromatic rings. The van der Waals surface area contributed by atoms with Crippen LogP contribution in [0.3, 0.4) is 0 Å². The number of alkyl halides is 6. The van der Waals surface area contributed by atoms with Crippen molar-refractivity contribution in [2.45, 2.75) is 12.4 Å². The molecule has 152 valence electrons. The summed E-state index contributed by atoms with van der Waals surface area (Å²) in [6, 6.07) is 0.300. The van der Waals surface area contributed by atoms with Crippen molar-refractivity contribution in [3.8, 4) is 5.69 Å². The number of benzene rings is 1. The number of hydrogen-bond acceptors (Lipinski definition) is 4. The third-order valence-electron chi connectivity index (χ3n) is 3.09. The summed E-state index contributed by atoms with van der Waals surface area (Å²) < 4.78 is 76.6. The van der Waals surface area contributed by atoms with Gasteiger partial charge < -0.3 is 0 Å². The third kappa shape index (κ3) is 5.27. The number of hydrogen-bond donors (Lipinski definition) is 1. The van der Waals surface area contributed by atoms with Crippen molar-refractivity contribution in [2.24, 2.45) is 0 Å². The second-order valence-corrected chi connectivity index (χ2v) is 6.04. The quantitative estimate of drug-likeness (QED) is 0.233. The fourth-order valence-corrected chi connectivity index (χ4v) is 2.79. The molecule has 7 nitrogen and oxygen atoms in total. The number of carbonyl (C=O) groups excluding carboxylic acids is 1. The molecule has 1 aromatic carbocycles. The van der Waals surface area contributed by atoms with Gasteiger partial charge in [0.1, 0.15) is 11.9 Å². The van der Waals surface area contributed by atoms with Crippen LogP contribution in [-0.4, -0.2) is 26.8 Å². The molecule has 0 saturated heterocycles. The summed E-state index contributed by atoms with van der Waals surface area (Å²) in [5.74, 6) is -3.76. The maximum atomic E-state index is 12.9. The SMILES string of the molecule is O=C(Nc1c([N+](=O)[O-])cnn1-c1c(Cl)cc(C(F)(F)F)c(Cl)c1Cl)C(F)(F)F.[Na+]. The molecule has 0 aliphatic carbocycles.